The molecule has 0 bridgehead atoms. The third-order valence-electron chi connectivity index (χ3n) is 3.21. The first-order valence-corrected chi connectivity index (χ1v) is 6.24. The highest BCUT2D eigenvalue weighted by molar-refractivity contribution is 5.24. The van der Waals surface area contributed by atoms with Gasteiger partial charge in [0.05, 0.1) is 6.26 Å². The zero-order valence-corrected chi connectivity index (χ0v) is 11.4. The van der Waals surface area contributed by atoms with E-state index in [1.807, 2.05) is 38.1 Å². The van der Waals surface area contributed by atoms with Crippen LogP contribution in [0, 0.1) is 5.82 Å². The van der Waals surface area contributed by atoms with Crippen LogP contribution in [0.25, 0.3) is 0 Å². The molecule has 0 fully saturated rings. The van der Waals surface area contributed by atoms with E-state index in [-0.39, 0.29) is 5.82 Å². The van der Waals surface area contributed by atoms with Crippen LogP contribution >= 0.6 is 0 Å². The van der Waals surface area contributed by atoms with Crippen molar-refractivity contribution in [3.05, 3.63) is 54.2 Å². The average Bonchev–Trinajstić information content (AvgIpc) is 2.92. The summed E-state index contributed by atoms with van der Waals surface area (Å²) in [6.07, 6.45) is 2.32. The molecule has 0 amide bonds. The molecule has 1 aromatic carbocycles. The SMILES string of the molecule is CCC(Oc1ccc(F)cc1)(c1ccco1)N(C)C. The zero-order valence-electron chi connectivity index (χ0n) is 11.4. The number of rotatable bonds is 5. The normalized spacial score (nSPS) is 14.4. The number of furan rings is 1. The lowest BCUT2D eigenvalue weighted by Gasteiger charge is -2.37. The second kappa shape index (κ2) is 5.45. The maximum Gasteiger partial charge on any atom is 0.221 e. The van der Waals surface area contributed by atoms with Gasteiger partial charge in [-0.05, 0) is 50.5 Å². The number of ether oxygens (including phenoxy) is 1. The molecule has 1 aromatic heterocycles. The van der Waals surface area contributed by atoms with Gasteiger partial charge in [-0.3, -0.25) is 4.90 Å². The summed E-state index contributed by atoms with van der Waals surface area (Å²) in [7, 11) is 3.85. The molecule has 3 nitrogen and oxygen atoms in total. The molecule has 0 radical (unpaired) electrons. The van der Waals surface area contributed by atoms with Crippen LogP contribution in [0.15, 0.2) is 47.1 Å². The van der Waals surface area contributed by atoms with Gasteiger partial charge in [0.1, 0.15) is 11.6 Å². The third-order valence-corrected chi connectivity index (χ3v) is 3.21. The van der Waals surface area contributed by atoms with E-state index >= 15 is 0 Å². The second-order valence-electron chi connectivity index (χ2n) is 4.57. The van der Waals surface area contributed by atoms with E-state index in [9.17, 15) is 4.39 Å². The minimum atomic E-state index is -0.693. The van der Waals surface area contributed by atoms with Crippen LogP contribution in [0.1, 0.15) is 19.1 Å². The molecule has 0 N–H and O–H groups in total. The van der Waals surface area contributed by atoms with Gasteiger partial charge in [-0.1, -0.05) is 6.92 Å². The Hall–Kier alpha value is -1.81. The molecule has 4 heteroatoms. The topological polar surface area (TPSA) is 25.6 Å². The van der Waals surface area contributed by atoms with Crippen LogP contribution in [-0.4, -0.2) is 19.0 Å². The first kappa shape index (κ1) is 13.6. The van der Waals surface area contributed by atoms with Crippen LogP contribution < -0.4 is 4.74 Å². The van der Waals surface area contributed by atoms with Gasteiger partial charge >= 0.3 is 0 Å². The number of halogens is 1. The van der Waals surface area contributed by atoms with Crippen molar-refractivity contribution in [2.45, 2.75) is 19.1 Å². The highest BCUT2D eigenvalue weighted by Crippen LogP contribution is 2.33. The fraction of sp³-hybridized carbons (Fsp3) is 0.333. The highest BCUT2D eigenvalue weighted by Gasteiger charge is 2.38. The molecule has 0 saturated heterocycles. The molecular weight excluding hydrogens is 245 g/mol. The predicted octanol–water partition coefficient (Wildman–Crippen LogP) is 3.62. The summed E-state index contributed by atoms with van der Waals surface area (Å²) in [4.78, 5) is 1.95. The lowest BCUT2D eigenvalue weighted by atomic mass is 10.1. The molecule has 0 aliphatic heterocycles. The summed E-state index contributed by atoms with van der Waals surface area (Å²) in [5.41, 5.74) is -0.693. The third kappa shape index (κ3) is 2.63. The van der Waals surface area contributed by atoms with Gasteiger partial charge in [0.25, 0.3) is 0 Å². The number of hydrogen-bond donors (Lipinski definition) is 0. The molecule has 19 heavy (non-hydrogen) atoms. The molecule has 2 aromatic rings. The van der Waals surface area contributed by atoms with Crippen molar-refractivity contribution in [1.82, 2.24) is 4.90 Å². The molecule has 0 aliphatic rings. The summed E-state index contributed by atoms with van der Waals surface area (Å²) >= 11 is 0. The first-order valence-electron chi connectivity index (χ1n) is 6.24. The van der Waals surface area contributed by atoms with E-state index < -0.39 is 5.72 Å². The molecule has 1 atom stereocenters. The van der Waals surface area contributed by atoms with Crippen molar-refractivity contribution in [2.75, 3.05) is 14.1 Å². The fourth-order valence-corrected chi connectivity index (χ4v) is 2.12. The minimum Gasteiger partial charge on any atom is -0.465 e. The minimum absolute atomic E-state index is 0.280. The summed E-state index contributed by atoms with van der Waals surface area (Å²) in [5, 5.41) is 0. The molecule has 0 spiro atoms. The predicted molar refractivity (Wildman–Crippen MR) is 71.4 cm³/mol. The van der Waals surface area contributed by atoms with Crippen molar-refractivity contribution < 1.29 is 13.5 Å². The van der Waals surface area contributed by atoms with Crippen LogP contribution in [0.2, 0.25) is 0 Å². The lowest BCUT2D eigenvalue weighted by molar-refractivity contribution is -0.0836. The smallest absolute Gasteiger partial charge is 0.221 e. The highest BCUT2D eigenvalue weighted by atomic mass is 19.1. The zero-order chi connectivity index (χ0) is 13.9. The standard InChI is InChI=1S/C15H18FNO2/c1-4-15(17(2)3,14-6-5-11-18-14)19-13-9-7-12(16)8-10-13/h5-11H,4H2,1-3H3. The molecule has 1 heterocycles. The lowest BCUT2D eigenvalue weighted by Crippen LogP contribution is -2.45. The molecule has 102 valence electrons. The van der Waals surface area contributed by atoms with E-state index in [1.165, 1.54) is 12.1 Å². The van der Waals surface area contributed by atoms with Crippen LogP contribution in [0.5, 0.6) is 5.75 Å². The molecular formula is C15H18FNO2. The number of nitrogens with zero attached hydrogens (tertiary/aromatic N) is 1. The maximum absolute atomic E-state index is 12.9. The summed E-state index contributed by atoms with van der Waals surface area (Å²) in [5.74, 6) is 1.05. The molecule has 1 unspecified atom stereocenters. The molecule has 0 saturated carbocycles. The van der Waals surface area contributed by atoms with Gasteiger partial charge in [-0.25, -0.2) is 4.39 Å². The van der Waals surface area contributed by atoms with Gasteiger partial charge in [0.15, 0.2) is 5.76 Å². The Morgan fingerprint density at radius 3 is 2.37 bits per heavy atom. The van der Waals surface area contributed by atoms with E-state index in [0.717, 1.165) is 5.76 Å². The Balaban J connectivity index is 2.36. The number of hydrogen-bond acceptors (Lipinski definition) is 3. The van der Waals surface area contributed by atoms with Crippen molar-refractivity contribution in [3.8, 4) is 5.75 Å². The average molecular weight is 263 g/mol. The van der Waals surface area contributed by atoms with Crippen molar-refractivity contribution in [3.63, 3.8) is 0 Å². The first-order chi connectivity index (χ1) is 9.08. The quantitative estimate of drug-likeness (QED) is 0.770. The van der Waals surface area contributed by atoms with Crippen LogP contribution in [0.3, 0.4) is 0 Å². The van der Waals surface area contributed by atoms with Crippen LogP contribution in [-0.2, 0) is 5.72 Å². The summed E-state index contributed by atoms with van der Waals surface area (Å²) in [6.45, 7) is 2.02. The monoisotopic (exact) mass is 263 g/mol. The Morgan fingerprint density at radius 2 is 1.89 bits per heavy atom. The van der Waals surface area contributed by atoms with Crippen molar-refractivity contribution >= 4 is 0 Å². The molecule has 2 rings (SSSR count). The van der Waals surface area contributed by atoms with Gasteiger partial charge in [0, 0.05) is 6.42 Å². The van der Waals surface area contributed by atoms with Gasteiger partial charge in [-0.15, -0.1) is 0 Å². The summed E-state index contributed by atoms with van der Waals surface area (Å²) < 4.78 is 24.5. The van der Waals surface area contributed by atoms with Crippen molar-refractivity contribution in [2.24, 2.45) is 0 Å². The Morgan fingerprint density at radius 1 is 1.21 bits per heavy atom. The molecule has 0 aliphatic carbocycles. The van der Waals surface area contributed by atoms with E-state index in [1.54, 1.807) is 18.4 Å². The van der Waals surface area contributed by atoms with Gasteiger partial charge < -0.3 is 9.15 Å². The second-order valence-corrected chi connectivity index (χ2v) is 4.57. The van der Waals surface area contributed by atoms with Gasteiger partial charge in [0.2, 0.25) is 5.72 Å². The summed E-state index contributed by atoms with van der Waals surface area (Å²) in [6, 6.07) is 9.71. The Labute approximate surface area is 112 Å². The Kier molecular flexibility index (Phi) is 3.90. The Bertz CT molecular complexity index is 507. The van der Waals surface area contributed by atoms with E-state index in [0.29, 0.717) is 12.2 Å². The van der Waals surface area contributed by atoms with Crippen molar-refractivity contribution in [1.29, 1.82) is 0 Å². The van der Waals surface area contributed by atoms with Crippen LogP contribution in [0.4, 0.5) is 4.39 Å². The maximum atomic E-state index is 12.9. The number of benzene rings is 1. The largest absolute Gasteiger partial charge is 0.465 e. The fourth-order valence-electron chi connectivity index (χ4n) is 2.12. The van der Waals surface area contributed by atoms with E-state index in [4.69, 9.17) is 9.15 Å². The van der Waals surface area contributed by atoms with Gasteiger partial charge in [-0.2, -0.15) is 0 Å². The van der Waals surface area contributed by atoms with E-state index in [2.05, 4.69) is 0 Å².